The van der Waals surface area contributed by atoms with Crippen LogP contribution in [0.15, 0.2) is 40.1 Å². The fraction of sp³-hybridized carbons (Fsp3) is 0.316. The maximum absolute atomic E-state index is 12.5. The number of esters is 1. The molecule has 1 aliphatic rings. The fourth-order valence-electron chi connectivity index (χ4n) is 3.04. The van der Waals surface area contributed by atoms with Crippen molar-refractivity contribution in [3.63, 3.8) is 0 Å². The Balaban J connectivity index is 1.49. The van der Waals surface area contributed by atoms with Crippen LogP contribution in [0.2, 0.25) is 0 Å². The zero-order valence-corrected chi connectivity index (χ0v) is 14.7. The molecule has 0 amide bonds. The van der Waals surface area contributed by atoms with Crippen molar-refractivity contribution in [2.75, 3.05) is 0 Å². The molecule has 2 heterocycles. The topological polar surface area (TPSA) is 65.2 Å². The molecule has 0 radical (unpaired) electrons. The molecular formula is C19H18N2O3S. The molecule has 2 aromatic heterocycles. The van der Waals surface area contributed by atoms with E-state index in [4.69, 9.17) is 9.15 Å². The minimum absolute atomic E-state index is 0.302. The van der Waals surface area contributed by atoms with Gasteiger partial charge in [0.15, 0.2) is 6.10 Å². The van der Waals surface area contributed by atoms with Gasteiger partial charge in [0.1, 0.15) is 0 Å². The quantitative estimate of drug-likeness (QED) is 0.641. The largest absolute Gasteiger partial charge is 0.449 e. The van der Waals surface area contributed by atoms with Crippen LogP contribution in [0, 0.1) is 0 Å². The van der Waals surface area contributed by atoms with Crippen molar-refractivity contribution in [1.82, 2.24) is 10.2 Å². The molecule has 0 unspecified atom stereocenters. The smallest absolute Gasteiger partial charge is 0.340 e. The van der Waals surface area contributed by atoms with Crippen LogP contribution in [0.1, 0.15) is 52.6 Å². The highest BCUT2D eigenvalue weighted by Crippen LogP contribution is 2.31. The predicted molar refractivity (Wildman–Crippen MR) is 94.5 cm³/mol. The number of hydrogen-bond acceptors (Lipinski definition) is 6. The van der Waals surface area contributed by atoms with E-state index in [1.165, 1.54) is 11.3 Å². The van der Waals surface area contributed by atoms with Crippen molar-refractivity contribution < 1.29 is 13.9 Å². The Hall–Kier alpha value is -2.47. The third kappa shape index (κ3) is 3.22. The van der Waals surface area contributed by atoms with Crippen LogP contribution in [-0.2, 0) is 17.6 Å². The summed E-state index contributed by atoms with van der Waals surface area (Å²) < 4.78 is 11.2. The number of rotatable bonds is 4. The minimum atomic E-state index is -0.586. The van der Waals surface area contributed by atoms with Crippen molar-refractivity contribution >= 4 is 17.3 Å². The van der Waals surface area contributed by atoms with E-state index >= 15 is 0 Å². The second-order valence-corrected chi connectivity index (χ2v) is 7.08. The molecule has 25 heavy (non-hydrogen) atoms. The first-order valence-corrected chi connectivity index (χ1v) is 9.29. The van der Waals surface area contributed by atoms with Gasteiger partial charge in [-0.3, -0.25) is 0 Å². The molecule has 128 valence electrons. The van der Waals surface area contributed by atoms with Gasteiger partial charge in [-0.1, -0.05) is 18.2 Å². The molecular weight excluding hydrogens is 336 g/mol. The molecule has 1 atom stereocenters. The van der Waals surface area contributed by atoms with Crippen molar-refractivity contribution in [3.8, 4) is 11.5 Å². The summed E-state index contributed by atoms with van der Waals surface area (Å²) >= 11 is 1.65. The van der Waals surface area contributed by atoms with Crippen molar-refractivity contribution in [1.29, 1.82) is 0 Å². The standard InChI is InChI=1S/C19H18N2O3S/c1-12(17-20-21-18(24-17)13-7-3-2-4-8-13)23-19(22)15-11-25-16-10-6-5-9-14(15)16/h2-4,7-8,11-12H,5-6,9-10H2,1H3/t12-/m0/s1. The van der Waals surface area contributed by atoms with Gasteiger partial charge in [0, 0.05) is 15.8 Å². The Kier molecular flexibility index (Phi) is 4.36. The SMILES string of the molecule is C[C@H](OC(=O)c1csc2c1CCCC2)c1nnc(-c2ccccc2)o1. The van der Waals surface area contributed by atoms with Gasteiger partial charge in [0.25, 0.3) is 5.89 Å². The van der Waals surface area contributed by atoms with Gasteiger partial charge < -0.3 is 9.15 Å². The lowest BCUT2D eigenvalue weighted by Gasteiger charge is -2.13. The molecule has 0 spiro atoms. The second-order valence-electron chi connectivity index (χ2n) is 6.12. The minimum Gasteiger partial charge on any atom is -0.449 e. The number of nitrogens with zero attached hydrogens (tertiary/aromatic N) is 2. The lowest BCUT2D eigenvalue weighted by molar-refractivity contribution is 0.0279. The first-order chi connectivity index (χ1) is 12.2. The van der Waals surface area contributed by atoms with Crippen molar-refractivity contribution in [2.24, 2.45) is 0 Å². The Bertz CT molecular complexity index is 885. The van der Waals surface area contributed by atoms with Gasteiger partial charge in [-0.15, -0.1) is 21.5 Å². The normalized spacial score (nSPS) is 14.8. The number of hydrogen-bond donors (Lipinski definition) is 0. The number of ether oxygens (including phenoxy) is 1. The first-order valence-electron chi connectivity index (χ1n) is 8.41. The molecule has 4 rings (SSSR count). The molecule has 3 aromatic rings. The molecule has 1 aromatic carbocycles. The summed E-state index contributed by atoms with van der Waals surface area (Å²) in [5.74, 6) is 0.411. The number of aromatic nitrogens is 2. The fourth-order valence-corrected chi connectivity index (χ4v) is 4.15. The van der Waals surface area contributed by atoms with E-state index in [9.17, 15) is 4.79 Å². The lowest BCUT2D eigenvalue weighted by atomic mass is 9.96. The number of thiophene rings is 1. The van der Waals surface area contributed by atoms with E-state index in [-0.39, 0.29) is 5.97 Å². The van der Waals surface area contributed by atoms with Crippen molar-refractivity contribution in [3.05, 3.63) is 57.6 Å². The van der Waals surface area contributed by atoms with Gasteiger partial charge in [0.05, 0.1) is 5.56 Å². The Labute approximate surface area is 149 Å². The molecule has 0 saturated heterocycles. The Morgan fingerprint density at radius 2 is 2.00 bits per heavy atom. The Morgan fingerprint density at radius 1 is 1.20 bits per heavy atom. The van der Waals surface area contributed by atoms with Crippen LogP contribution in [0.4, 0.5) is 0 Å². The first kappa shape index (κ1) is 16.0. The predicted octanol–water partition coefficient (Wildman–Crippen LogP) is 4.59. The summed E-state index contributed by atoms with van der Waals surface area (Å²) in [6.07, 6.45) is 3.76. The maximum atomic E-state index is 12.5. The van der Waals surface area contributed by atoms with Gasteiger partial charge in [0.2, 0.25) is 5.89 Å². The molecule has 6 heteroatoms. The van der Waals surface area contributed by atoms with Gasteiger partial charge in [-0.05, 0) is 50.3 Å². The van der Waals surface area contributed by atoms with E-state index in [1.807, 2.05) is 35.7 Å². The number of carbonyl (C=O) groups is 1. The highest BCUT2D eigenvalue weighted by molar-refractivity contribution is 7.10. The average molecular weight is 354 g/mol. The zero-order chi connectivity index (χ0) is 17.2. The van der Waals surface area contributed by atoms with E-state index in [1.54, 1.807) is 18.3 Å². The van der Waals surface area contributed by atoms with Gasteiger partial charge >= 0.3 is 5.97 Å². The van der Waals surface area contributed by atoms with Crippen LogP contribution < -0.4 is 0 Å². The third-order valence-corrected chi connectivity index (χ3v) is 5.46. The lowest BCUT2D eigenvalue weighted by Crippen LogP contribution is -2.12. The third-order valence-electron chi connectivity index (χ3n) is 4.37. The van der Waals surface area contributed by atoms with E-state index in [0.29, 0.717) is 17.3 Å². The molecule has 0 fully saturated rings. The molecule has 0 bridgehead atoms. The van der Waals surface area contributed by atoms with Crippen LogP contribution >= 0.6 is 11.3 Å². The zero-order valence-electron chi connectivity index (χ0n) is 13.9. The molecule has 0 N–H and O–H groups in total. The van der Waals surface area contributed by atoms with E-state index in [0.717, 1.165) is 30.4 Å². The summed E-state index contributed by atoms with van der Waals surface area (Å²) in [6, 6.07) is 9.52. The van der Waals surface area contributed by atoms with Crippen LogP contribution in [0.5, 0.6) is 0 Å². The number of carbonyl (C=O) groups excluding carboxylic acids is 1. The van der Waals surface area contributed by atoms with Gasteiger partial charge in [-0.25, -0.2) is 4.79 Å². The molecule has 0 aliphatic heterocycles. The van der Waals surface area contributed by atoms with Gasteiger partial charge in [-0.2, -0.15) is 0 Å². The van der Waals surface area contributed by atoms with Crippen LogP contribution in [-0.4, -0.2) is 16.2 Å². The molecule has 1 aliphatic carbocycles. The van der Waals surface area contributed by atoms with Crippen molar-refractivity contribution in [2.45, 2.75) is 38.7 Å². The molecule has 0 saturated carbocycles. The average Bonchev–Trinajstić information content (AvgIpc) is 3.30. The second kappa shape index (κ2) is 6.80. The summed E-state index contributed by atoms with van der Waals surface area (Å²) in [7, 11) is 0. The Morgan fingerprint density at radius 3 is 2.84 bits per heavy atom. The summed E-state index contributed by atoms with van der Waals surface area (Å²) in [5.41, 5.74) is 2.69. The monoisotopic (exact) mass is 354 g/mol. The number of benzene rings is 1. The summed E-state index contributed by atoms with van der Waals surface area (Å²) in [5, 5.41) is 9.98. The molecule has 5 nitrogen and oxygen atoms in total. The highest BCUT2D eigenvalue weighted by atomic mass is 32.1. The number of aryl methyl sites for hydroxylation is 1. The van der Waals surface area contributed by atoms with E-state index in [2.05, 4.69) is 10.2 Å². The van der Waals surface area contributed by atoms with Crippen LogP contribution in [0.25, 0.3) is 11.5 Å². The summed E-state index contributed by atoms with van der Waals surface area (Å²) in [4.78, 5) is 13.8. The number of fused-ring (bicyclic) bond motifs is 1. The maximum Gasteiger partial charge on any atom is 0.340 e. The summed E-state index contributed by atoms with van der Waals surface area (Å²) in [6.45, 7) is 1.75. The highest BCUT2D eigenvalue weighted by Gasteiger charge is 2.25. The van der Waals surface area contributed by atoms with E-state index < -0.39 is 6.10 Å². The van der Waals surface area contributed by atoms with Crippen LogP contribution in [0.3, 0.4) is 0 Å².